The molecule has 2 rings (SSSR count). The molecule has 2 aromatic rings. The van der Waals surface area contributed by atoms with Crippen LogP contribution in [0, 0.1) is 0 Å². The third kappa shape index (κ3) is 3.35. The average molecular weight is 295 g/mol. The first-order chi connectivity index (χ1) is 9.15. The Hall–Kier alpha value is -0.910. The van der Waals surface area contributed by atoms with E-state index >= 15 is 0 Å². The summed E-state index contributed by atoms with van der Waals surface area (Å²) >= 11 is 3.53. The maximum atomic E-state index is 5.83. The Morgan fingerprint density at radius 1 is 1.42 bits per heavy atom. The van der Waals surface area contributed by atoms with E-state index in [4.69, 9.17) is 10.7 Å². The van der Waals surface area contributed by atoms with Crippen LogP contribution in [0.1, 0.15) is 42.1 Å². The van der Waals surface area contributed by atoms with Crippen molar-refractivity contribution in [3.05, 3.63) is 33.0 Å². The second-order valence-corrected chi connectivity index (χ2v) is 6.85. The fraction of sp³-hybridized carbons (Fsp3) is 0.500. The molecule has 0 amide bonds. The first kappa shape index (κ1) is 14.5. The van der Waals surface area contributed by atoms with E-state index in [9.17, 15) is 0 Å². The molecule has 0 aliphatic rings. The SMILES string of the molecule is CCN(Cc1cccs1)c1nc(C(C)C)c(CN)s1. The van der Waals surface area contributed by atoms with E-state index in [0.29, 0.717) is 12.5 Å². The predicted octanol–water partition coefficient (Wildman–Crippen LogP) is 3.81. The lowest BCUT2D eigenvalue weighted by Crippen LogP contribution is -2.21. The molecule has 0 atom stereocenters. The van der Waals surface area contributed by atoms with Gasteiger partial charge in [-0.3, -0.25) is 0 Å². The van der Waals surface area contributed by atoms with Gasteiger partial charge in [-0.15, -0.1) is 22.7 Å². The van der Waals surface area contributed by atoms with E-state index in [0.717, 1.165) is 23.9 Å². The molecular weight excluding hydrogens is 274 g/mol. The monoisotopic (exact) mass is 295 g/mol. The molecule has 104 valence electrons. The third-order valence-electron chi connectivity index (χ3n) is 3.03. The molecule has 3 nitrogen and oxygen atoms in total. The molecule has 5 heteroatoms. The quantitative estimate of drug-likeness (QED) is 0.881. The minimum Gasteiger partial charge on any atom is -0.343 e. The van der Waals surface area contributed by atoms with E-state index < -0.39 is 0 Å². The zero-order chi connectivity index (χ0) is 13.8. The van der Waals surface area contributed by atoms with Gasteiger partial charge in [0.05, 0.1) is 12.2 Å². The molecule has 0 aliphatic heterocycles. The van der Waals surface area contributed by atoms with Crippen molar-refractivity contribution < 1.29 is 0 Å². The molecular formula is C14H21N3S2. The highest BCUT2D eigenvalue weighted by molar-refractivity contribution is 7.15. The van der Waals surface area contributed by atoms with Crippen LogP contribution in [0.15, 0.2) is 17.5 Å². The first-order valence-electron chi connectivity index (χ1n) is 6.62. The molecule has 0 unspecified atom stereocenters. The Balaban J connectivity index is 2.23. The number of hydrogen-bond acceptors (Lipinski definition) is 5. The summed E-state index contributed by atoms with van der Waals surface area (Å²) in [6, 6.07) is 4.27. The molecule has 0 bridgehead atoms. The standard InChI is InChI=1S/C14H21N3S2/c1-4-17(9-11-6-5-7-18-11)14-16-13(10(2)3)12(8-15)19-14/h5-7,10H,4,8-9,15H2,1-3H3. The largest absolute Gasteiger partial charge is 0.343 e. The van der Waals surface area contributed by atoms with E-state index in [-0.39, 0.29) is 0 Å². The van der Waals surface area contributed by atoms with E-state index in [1.165, 1.54) is 9.75 Å². The van der Waals surface area contributed by atoms with Crippen LogP contribution in [-0.2, 0) is 13.1 Å². The van der Waals surface area contributed by atoms with Gasteiger partial charge in [0.15, 0.2) is 5.13 Å². The van der Waals surface area contributed by atoms with Crippen molar-refractivity contribution >= 4 is 27.8 Å². The summed E-state index contributed by atoms with van der Waals surface area (Å²) in [7, 11) is 0. The van der Waals surface area contributed by atoms with Gasteiger partial charge in [-0.1, -0.05) is 19.9 Å². The van der Waals surface area contributed by atoms with Gasteiger partial charge in [-0.25, -0.2) is 4.98 Å². The van der Waals surface area contributed by atoms with Crippen LogP contribution in [-0.4, -0.2) is 11.5 Å². The number of anilines is 1. The summed E-state index contributed by atoms with van der Waals surface area (Å²) in [5, 5.41) is 3.22. The molecule has 2 aromatic heterocycles. The molecule has 0 radical (unpaired) electrons. The number of thiazole rings is 1. The number of hydrogen-bond donors (Lipinski definition) is 1. The fourth-order valence-electron chi connectivity index (χ4n) is 1.99. The lowest BCUT2D eigenvalue weighted by Gasteiger charge is -2.18. The average Bonchev–Trinajstić information content (AvgIpc) is 3.04. The van der Waals surface area contributed by atoms with Gasteiger partial charge in [-0.05, 0) is 24.3 Å². The number of aromatic nitrogens is 1. The Morgan fingerprint density at radius 3 is 2.68 bits per heavy atom. The van der Waals surface area contributed by atoms with Crippen LogP contribution in [0.2, 0.25) is 0 Å². The van der Waals surface area contributed by atoms with Crippen molar-refractivity contribution in [2.75, 3.05) is 11.4 Å². The highest BCUT2D eigenvalue weighted by Crippen LogP contribution is 2.31. The van der Waals surface area contributed by atoms with E-state index in [1.807, 2.05) is 0 Å². The maximum Gasteiger partial charge on any atom is 0.186 e. The lowest BCUT2D eigenvalue weighted by molar-refractivity contribution is 0.791. The summed E-state index contributed by atoms with van der Waals surface area (Å²) in [5.41, 5.74) is 6.99. The molecule has 0 aromatic carbocycles. The molecule has 0 aliphatic carbocycles. The Bertz CT molecular complexity index is 503. The van der Waals surface area contributed by atoms with Gasteiger partial charge in [0, 0.05) is 22.8 Å². The number of rotatable bonds is 6. The van der Waals surface area contributed by atoms with Gasteiger partial charge < -0.3 is 10.6 Å². The number of thiophene rings is 1. The highest BCUT2D eigenvalue weighted by Gasteiger charge is 2.17. The predicted molar refractivity (Wildman–Crippen MR) is 85.1 cm³/mol. The molecule has 2 N–H and O–H groups in total. The van der Waals surface area contributed by atoms with Crippen molar-refractivity contribution in [2.45, 2.75) is 39.8 Å². The molecule has 2 heterocycles. The van der Waals surface area contributed by atoms with Crippen LogP contribution < -0.4 is 10.6 Å². The Labute approximate surface area is 123 Å². The van der Waals surface area contributed by atoms with Gasteiger partial charge in [0.2, 0.25) is 0 Å². The second kappa shape index (κ2) is 6.50. The zero-order valence-corrected chi connectivity index (χ0v) is 13.4. The van der Waals surface area contributed by atoms with E-state index in [1.54, 1.807) is 22.7 Å². The van der Waals surface area contributed by atoms with Gasteiger partial charge in [-0.2, -0.15) is 0 Å². The van der Waals surface area contributed by atoms with Crippen LogP contribution in [0.5, 0.6) is 0 Å². The summed E-state index contributed by atoms with van der Waals surface area (Å²) in [6.45, 7) is 9.01. The van der Waals surface area contributed by atoms with Crippen LogP contribution in [0.3, 0.4) is 0 Å². The smallest absolute Gasteiger partial charge is 0.186 e. The normalized spacial score (nSPS) is 11.2. The molecule has 0 spiro atoms. The van der Waals surface area contributed by atoms with Crippen molar-refractivity contribution in [1.29, 1.82) is 0 Å². The summed E-state index contributed by atoms with van der Waals surface area (Å²) in [5.74, 6) is 0.434. The van der Waals surface area contributed by atoms with Gasteiger partial charge in [0.1, 0.15) is 0 Å². The molecule has 19 heavy (non-hydrogen) atoms. The van der Waals surface area contributed by atoms with E-state index in [2.05, 4.69) is 43.2 Å². The van der Waals surface area contributed by atoms with Crippen LogP contribution in [0.4, 0.5) is 5.13 Å². The molecule has 0 saturated carbocycles. The highest BCUT2D eigenvalue weighted by atomic mass is 32.1. The first-order valence-corrected chi connectivity index (χ1v) is 8.32. The third-order valence-corrected chi connectivity index (χ3v) is 5.04. The van der Waals surface area contributed by atoms with Crippen molar-refractivity contribution in [1.82, 2.24) is 4.98 Å². The lowest BCUT2D eigenvalue weighted by atomic mass is 10.1. The second-order valence-electron chi connectivity index (χ2n) is 4.76. The van der Waals surface area contributed by atoms with Crippen molar-refractivity contribution in [3.8, 4) is 0 Å². The minimum absolute atomic E-state index is 0.434. The molecule has 0 saturated heterocycles. The van der Waals surface area contributed by atoms with Gasteiger partial charge in [0.25, 0.3) is 0 Å². The van der Waals surface area contributed by atoms with Gasteiger partial charge >= 0.3 is 0 Å². The van der Waals surface area contributed by atoms with Crippen molar-refractivity contribution in [2.24, 2.45) is 5.73 Å². The Kier molecular flexibility index (Phi) is 4.96. The maximum absolute atomic E-state index is 5.83. The van der Waals surface area contributed by atoms with Crippen LogP contribution in [0.25, 0.3) is 0 Å². The summed E-state index contributed by atoms with van der Waals surface area (Å²) in [6.07, 6.45) is 0. The summed E-state index contributed by atoms with van der Waals surface area (Å²) in [4.78, 5) is 9.71. The minimum atomic E-state index is 0.434. The molecule has 0 fully saturated rings. The topological polar surface area (TPSA) is 42.2 Å². The zero-order valence-electron chi connectivity index (χ0n) is 11.7. The number of nitrogens with two attached hydrogens (primary N) is 1. The van der Waals surface area contributed by atoms with Crippen LogP contribution >= 0.6 is 22.7 Å². The number of nitrogens with zero attached hydrogens (tertiary/aromatic N) is 2. The fourth-order valence-corrected chi connectivity index (χ4v) is 3.86. The Morgan fingerprint density at radius 2 is 2.21 bits per heavy atom. The van der Waals surface area contributed by atoms with Crippen molar-refractivity contribution in [3.63, 3.8) is 0 Å². The summed E-state index contributed by atoms with van der Waals surface area (Å²) < 4.78 is 0.